The molecule has 1 atom stereocenters. The number of likely N-dealkylation sites (tertiary alicyclic amines) is 1. The minimum atomic E-state index is 0.187. The Hall–Kier alpha value is -1.71. The highest BCUT2D eigenvalue weighted by Crippen LogP contribution is 2.32. The number of hydrogen-bond donors (Lipinski definition) is 0. The van der Waals surface area contributed by atoms with Crippen molar-refractivity contribution in [3.8, 4) is 5.75 Å². The first-order chi connectivity index (χ1) is 14.0. The molecular formula is C25H33ClN2O. The maximum atomic E-state index is 6.48. The Kier molecular flexibility index (Phi) is 6.36. The Balaban J connectivity index is 1.29. The molecule has 0 radical (unpaired) electrons. The molecule has 0 aromatic heterocycles. The zero-order chi connectivity index (χ0) is 20.4. The molecular weight excluding hydrogens is 380 g/mol. The van der Waals surface area contributed by atoms with Gasteiger partial charge in [-0.25, -0.2) is 0 Å². The SMILES string of the molecule is CC(C)Oc1ccc(Cl)c(CC2CCN(CC3Cc4ccccc4N3C)CC2)c1. The van der Waals surface area contributed by atoms with E-state index >= 15 is 0 Å². The highest BCUT2D eigenvalue weighted by Gasteiger charge is 2.29. The quantitative estimate of drug-likeness (QED) is 0.628. The van der Waals surface area contributed by atoms with Crippen LogP contribution in [0.25, 0.3) is 0 Å². The standard InChI is InChI=1S/C25H33ClN2O/c1-18(2)29-23-8-9-24(26)21(16-23)14-19-10-12-28(13-11-19)17-22-15-20-6-4-5-7-25(20)27(22)3/h4-9,16,18-19,22H,10-15,17H2,1-3H3. The van der Waals surface area contributed by atoms with Gasteiger partial charge < -0.3 is 14.5 Å². The van der Waals surface area contributed by atoms with Gasteiger partial charge in [-0.3, -0.25) is 0 Å². The Bertz CT molecular complexity index is 829. The van der Waals surface area contributed by atoms with Gasteiger partial charge in [-0.05, 0) is 93.9 Å². The van der Waals surface area contributed by atoms with E-state index < -0.39 is 0 Å². The molecule has 2 aromatic carbocycles. The third kappa shape index (κ3) is 4.90. The first-order valence-electron chi connectivity index (χ1n) is 11.0. The molecule has 0 N–H and O–H groups in total. The average Bonchev–Trinajstić information content (AvgIpc) is 3.01. The highest BCUT2D eigenvalue weighted by atomic mass is 35.5. The van der Waals surface area contributed by atoms with Gasteiger partial charge >= 0.3 is 0 Å². The number of fused-ring (bicyclic) bond motifs is 1. The molecule has 1 saturated heterocycles. The van der Waals surface area contributed by atoms with Crippen LogP contribution in [0.15, 0.2) is 42.5 Å². The predicted molar refractivity (Wildman–Crippen MR) is 122 cm³/mol. The number of anilines is 1. The van der Waals surface area contributed by atoms with Gasteiger partial charge in [0.1, 0.15) is 5.75 Å². The summed E-state index contributed by atoms with van der Waals surface area (Å²) in [5.41, 5.74) is 4.13. The summed E-state index contributed by atoms with van der Waals surface area (Å²) in [7, 11) is 2.25. The number of halogens is 1. The molecule has 156 valence electrons. The number of rotatable bonds is 6. The van der Waals surface area contributed by atoms with Crippen LogP contribution in [0.5, 0.6) is 5.75 Å². The second-order valence-electron chi connectivity index (χ2n) is 8.97. The Morgan fingerprint density at radius 1 is 1.10 bits per heavy atom. The smallest absolute Gasteiger partial charge is 0.120 e. The molecule has 2 aliphatic heterocycles. The van der Waals surface area contributed by atoms with Crippen LogP contribution in [0, 0.1) is 5.92 Å². The molecule has 4 heteroatoms. The number of hydrogen-bond acceptors (Lipinski definition) is 3. The number of ether oxygens (including phenoxy) is 1. The van der Waals surface area contributed by atoms with E-state index in [1.54, 1.807) is 0 Å². The largest absolute Gasteiger partial charge is 0.491 e. The van der Waals surface area contributed by atoms with Gasteiger partial charge in [-0.15, -0.1) is 0 Å². The van der Waals surface area contributed by atoms with E-state index in [1.807, 2.05) is 12.1 Å². The van der Waals surface area contributed by atoms with Crippen LogP contribution in [-0.2, 0) is 12.8 Å². The lowest BCUT2D eigenvalue weighted by atomic mass is 9.90. The van der Waals surface area contributed by atoms with Crippen LogP contribution in [0.4, 0.5) is 5.69 Å². The summed E-state index contributed by atoms with van der Waals surface area (Å²) in [4.78, 5) is 5.13. The van der Waals surface area contributed by atoms with Crippen LogP contribution in [0.1, 0.15) is 37.8 Å². The van der Waals surface area contributed by atoms with Crippen molar-refractivity contribution in [3.63, 3.8) is 0 Å². The Labute approximate surface area is 180 Å². The summed E-state index contributed by atoms with van der Waals surface area (Å²) in [5.74, 6) is 1.64. The van der Waals surface area contributed by atoms with Crippen molar-refractivity contribution in [2.75, 3.05) is 31.6 Å². The maximum Gasteiger partial charge on any atom is 0.120 e. The van der Waals surface area contributed by atoms with Crippen molar-refractivity contribution >= 4 is 17.3 Å². The van der Waals surface area contributed by atoms with E-state index in [1.165, 1.54) is 49.2 Å². The van der Waals surface area contributed by atoms with Crippen LogP contribution in [-0.4, -0.2) is 43.7 Å². The summed E-state index contributed by atoms with van der Waals surface area (Å²) < 4.78 is 5.86. The van der Waals surface area contributed by atoms with Crippen LogP contribution >= 0.6 is 11.6 Å². The molecule has 1 unspecified atom stereocenters. The van der Waals surface area contributed by atoms with Gasteiger partial charge in [0.25, 0.3) is 0 Å². The minimum Gasteiger partial charge on any atom is -0.491 e. The van der Waals surface area contributed by atoms with Crippen LogP contribution in [0.2, 0.25) is 5.02 Å². The molecule has 2 aromatic rings. The van der Waals surface area contributed by atoms with E-state index in [0.717, 1.165) is 23.7 Å². The van der Waals surface area contributed by atoms with Crippen molar-refractivity contribution in [3.05, 3.63) is 58.6 Å². The fraction of sp³-hybridized carbons (Fsp3) is 0.520. The third-order valence-electron chi connectivity index (χ3n) is 6.45. The molecule has 1 fully saturated rings. The number of likely N-dealkylation sites (N-methyl/N-ethyl adjacent to an activating group) is 1. The number of nitrogens with zero attached hydrogens (tertiary/aromatic N) is 2. The number of para-hydroxylation sites is 1. The lowest BCUT2D eigenvalue weighted by Crippen LogP contribution is -2.44. The highest BCUT2D eigenvalue weighted by molar-refractivity contribution is 6.31. The molecule has 0 bridgehead atoms. The van der Waals surface area contributed by atoms with Gasteiger partial charge in [0.2, 0.25) is 0 Å². The minimum absolute atomic E-state index is 0.187. The fourth-order valence-electron chi connectivity index (χ4n) is 4.84. The second-order valence-corrected chi connectivity index (χ2v) is 9.37. The van der Waals surface area contributed by atoms with Gasteiger partial charge in [-0.1, -0.05) is 29.8 Å². The molecule has 0 amide bonds. The van der Waals surface area contributed by atoms with Crippen molar-refractivity contribution in [1.82, 2.24) is 4.90 Å². The van der Waals surface area contributed by atoms with E-state index in [9.17, 15) is 0 Å². The second kappa shape index (κ2) is 8.97. The van der Waals surface area contributed by atoms with Crippen molar-refractivity contribution in [2.24, 2.45) is 5.92 Å². The van der Waals surface area contributed by atoms with Gasteiger partial charge in [0, 0.05) is 30.3 Å². The normalized spacial score (nSPS) is 20.3. The van der Waals surface area contributed by atoms with Gasteiger partial charge in [-0.2, -0.15) is 0 Å². The maximum absolute atomic E-state index is 6.48. The fourth-order valence-corrected chi connectivity index (χ4v) is 5.03. The first-order valence-corrected chi connectivity index (χ1v) is 11.4. The summed E-state index contributed by atoms with van der Waals surface area (Å²) in [6.07, 6.45) is 4.90. The summed E-state index contributed by atoms with van der Waals surface area (Å²) >= 11 is 6.48. The Morgan fingerprint density at radius 3 is 2.59 bits per heavy atom. The Morgan fingerprint density at radius 2 is 1.86 bits per heavy atom. The van der Waals surface area contributed by atoms with E-state index in [-0.39, 0.29) is 6.10 Å². The van der Waals surface area contributed by atoms with Crippen LogP contribution < -0.4 is 9.64 Å². The van der Waals surface area contributed by atoms with E-state index in [4.69, 9.17) is 16.3 Å². The molecule has 0 aliphatic carbocycles. The molecule has 29 heavy (non-hydrogen) atoms. The molecule has 2 heterocycles. The molecule has 2 aliphatic rings. The molecule has 4 rings (SSSR count). The first kappa shape index (κ1) is 20.6. The van der Waals surface area contributed by atoms with Crippen molar-refractivity contribution < 1.29 is 4.74 Å². The number of benzene rings is 2. The topological polar surface area (TPSA) is 15.7 Å². The van der Waals surface area contributed by atoms with Crippen molar-refractivity contribution in [1.29, 1.82) is 0 Å². The molecule has 3 nitrogen and oxygen atoms in total. The van der Waals surface area contributed by atoms with Gasteiger partial charge in [0.05, 0.1) is 6.10 Å². The zero-order valence-electron chi connectivity index (χ0n) is 17.9. The molecule has 0 saturated carbocycles. The van der Waals surface area contributed by atoms with Crippen LogP contribution in [0.3, 0.4) is 0 Å². The van der Waals surface area contributed by atoms with E-state index in [0.29, 0.717) is 12.0 Å². The summed E-state index contributed by atoms with van der Waals surface area (Å²) in [5, 5.41) is 0.869. The monoisotopic (exact) mass is 412 g/mol. The van der Waals surface area contributed by atoms with E-state index in [2.05, 4.69) is 61.0 Å². The number of piperidine rings is 1. The average molecular weight is 413 g/mol. The summed E-state index contributed by atoms with van der Waals surface area (Å²) in [6.45, 7) is 7.65. The molecule has 0 spiro atoms. The lowest BCUT2D eigenvalue weighted by Gasteiger charge is -2.35. The van der Waals surface area contributed by atoms with Crippen molar-refractivity contribution in [2.45, 2.75) is 51.7 Å². The summed E-state index contributed by atoms with van der Waals surface area (Å²) in [6, 6.07) is 15.5. The third-order valence-corrected chi connectivity index (χ3v) is 6.82. The predicted octanol–water partition coefficient (Wildman–Crippen LogP) is 5.44. The zero-order valence-corrected chi connectivity index (χ0v) is 18.7. The van der Waals surface area contributed by atoms with Gasteiger partial charge in [0.15, 0.2) is 0 Å². The lowest BCUT2D eigenvalue weighted by molar-refractivity contribution is 0.175.